The lowest BCUT2D eigenvalue weighted by molar-refractivity contribution is -0.136. The first kappa shape index (κ1) is 30.6. The number of nitrogens with zero attached hydrogens (tertiary/aromatic N) is 3. The SMILES string of the molecule is CC(C)(C)OC(=O)N(CCC[C@H]1C[C@H]1C(=O)Oc1cn(-c2ccc(Oc3ccccc3)cc2)cn1)C(=O)OC(C)(C)C. The van der Waals surface area contributed by atoms with Crippen LogP contribution in [0.15, 0.2) is 67.1 Å². The molecule has 42 heavy (non-hydrogen) atoms. The second-order valence-electron chi connectivity index (χ2n) is 12.3. The molecule has 224 valence electrons. The molecule has 0 radical (unpaired) electrons. The number of hydrogen-bond acceptors (Lipinski definition) is 8. The van der Waals surface area contributed by atoms with E-state index in [1.54, 1.807) is 58.6 Å². The zero-order chi connectivity index (χ0) is 30.5. The highest BCUT2D eigenvalue weighted by atomic mass is 16.6. The molecule has 2 amide bonds. The van der Waals surface area contributed by atoms with E-state index in [9.17, 15) is 14.4 Å². The maximum absolute atomic E-state index is 12.7. The molecule has 10 heteroatoms. The Morgan fingerprint density at radius 3 is 2.07 bits per heavy atom. The Morgan fingerprint density at radius 2 is 1.48 bits per heavy atom. The van der Waals surface area contributed by atoms with Crippen LogP contribution in [0.25, 0.3) is 5.69 Å². The van der Waals surface area contributed by atoms with Crippen LogP contribution in [0.2, 0.25) is 0 Å². The van der Waals surface area contributed by atoms with E-state index in [-0.39, 0.29) is 30.2 Å². The first-order chi connectivity index (χ1) is 19.8. The highest BCUT2D eigenvalue weighted by molar-refractivity contribution is 5.88. The molecule has 0 saturated heterocycles. The topological polar surface area (TPSA) is 109 Å². The van der Waals surface area contributed by atoms with Crippen molar-refractivity contribution in [1.82, 2.24) is 14.5 Å². The number of imide groups is 1. The van der Waals surface area contributed by atoms with Crippen molar-refractivity contribution in [2.24, 2.45) is 11.8 Å². The Morgan fingerprint density at radius 1 is 0.881 bits per heavy atom. The number of ether oxygens (including phenoxy) is 4. The molecule has 1 aromatic heterocycles. The summed E-state index contributed by atoms with van der Waals surface area (Å²) in [6, 6.07) is 17.0. The molecule has 4 rings (SSSR count). The normalized spacial score (nSPS) is 16.3. The van der Waals surface area contributed by atoms with E-state index in [2.05, 4.69) is 4.98 Å². The van der Waals surface area contributed by atoms with Gasteiger partial charge in [0.25, 0.3) is 0 Å². The third-order valence-corrected chi connectivity index (χ3v) is 6.29. The fourth-order valence-corrected chi connectivity index (χ4v) is 4.25. The van der Waals surface area contributed by atoms with Crippen LogP contribution in [-0.2, 0) is 14.3 Å². The van der Waals surface area contributed by atoms with Crippen LogP contribution >= 0.6 is 0 Å². The summed E-state index contributed by atoms with van der Waals surface area (Å²) in [4.78, 5) is 43.3. The van der Waals surface area contributed by atoms with Gasteiger partial charge in [0, 0.05) is 12.2 Å². The number of benzene rings is 2. The Kier molecular flexibility index (Phi) is 9.23. The van der Waals surface area contributed by atoms with Crippen molar-refractivity contribution in [3.8, 4) is 23.1 Å². The van der Waals surface area contributed by atoms with Gasteiger partial charge in [-0.05, 0) is 103 Å². The Hall–Kier alpha value is -4.34. The van der Waals surface area contributed by atoms with E-state index in [4.69, 9.17) is 18.9 Å². The van der Waals surface area contributed by atoms with Crippen molar-refractivity contribution in [3.63, 3.8) is 0 Å². The summed E-state index contributed by atoms with van der Waals surface area (Å²) in [5, 5.41) is 0. The summed E-state index contributed by atoms with van der Waals surface area (Å²) < 4.78 is 23.9. The summed E-state index contributed by atoms with van der Waals surface area (Å²) in [5.41, 5.74) is -0.666. The van der Waals surface area contributed by atoms with Gasteiger partial charge in [0.2, 0.25) is 5.88 Å². The maximum Gasteiger partial charge on any atom is 0.419 e. The van der Waals surface area contributed by atoms with Gasteiger partial charge in [-0.15, -0.1) is 0 Å². The predicted octanol–water partition coefficient (Wildman–Crippen LogP) is 7.16. The Labute approximate surface area is 246 Å². The molecule has 1 heterocycles. The molecular formula is C32H39N3O7. The molecule has 0 unspecified atom stereocenters. The van der Waals surface area contributed by atoms with Gasteiger partial charge in [-0.1, -0.05) is 18.2 Å². The van der Waals surface area contributed by atoms with Crippen molar-refractivity contribution >= 4 is 18.2 Å². The molecule has 1 fully saturated rings. The second kappa shape index (κ2) is 12.7. The van der Waals surface area contributed by atoms with Crippen molar-refractivity contribution in [2.45, 2.75) is 72.0 Å². The highest BCUT2D eigenvalue weighted by Gasteiger charge is 2.44. The molecule has 1 aliphatic rings. The number of esters is 1. The Bertz CT molecular complexity index is 1340. The van der Waals surface area contributed by atoms with Gasteiger partial charge in [-0.2, -0.15) is 0 Å². The van der Waals surface area contributed by atoms with Crippen molar-refractivity contribution in [1.29, 1.82) is 0 Å². The third-order valence-electron chi connectivity index (χ3n) is 6.29. The highest BCUT2D eigenvalue weighted by Crippen LogP contribution is 2.43. The monoisotopic (exact) mass is 577 g/mol. The van der Waals surface area contributed by atoms with Gasteiger partial charge < -0.3 is 23.5 Å². The second-order valence-corrected chi connectivity index (χ2v) is 12.3. The third kappa shape index (κ3) is 9.09. The van der Waals surface area contributed by atoms with Crippen molar-refractivity contribution in [2.75, 3.05) is 6.54 Å². The zero-order valence-electron chi connectivity index (χ0n) is 25.0. The zero-order valence-corrected chi connectivity index (χ0v) is 25.0. The standard InChI is InChI=1S/C32H39N3O7/c1-31(2,3)41-29(37)35(30(38)42-32(4,5)6)18-10-11-22-19-26(22)28(36)40-27-20-34(21-33-27)23-14-16-25(17-15-23)39-24-12-8-7-9-13-24/h7-9,12-17,20-22,26H,10-11,18-19H2,1-6H3/t22-,26+/m0/s1. The Balaban J connectivity index is 1.25. The van der Waals surface area contributed by atoms with E-state index in [0.29, 0.717) is 25.0 Å². The number of para-hydroxylation sites is 1. The molecule has 3 aromatic rings. The fourth-order valence-electron chi connectivity index (χ4n) is 4.25. The maximum atomic E-state index is 12.7. The average Bonchev–Trinajstić information content (AvgIpc) is 3.53. The number of amides is 2. The smallest absolute Gasteiger partial charge is 0.419 e. The van der Waals surface area contributed by atoms with E-state index in [1.807, 2.05) is 54.6 Å². The van der Waals surface area contributed by atoms with Crippen LogP contribution in [0.1, 0.15) is 60.8 Å². The van der Waals surface area contributed by atoms with Gasteiger partial charge in [0.05, 0.1) is 12.1 Å². The average molecular weight is 578 g/mol. The minimum Gasteiger partial charge on any atom is -0.457 e. The molecule has 10 nitrogen and oxygen atoms in total. The van der Waals surface area contributed by atoms with Gasteiger partial charge in [0.15, 0.2) is 0 Å². The van der Waals surface area contributed by atoms with Crippen LogP contribution in [0.3, 0.4) is 0 Å². The molecule has 0 N–H and O–H groups in total. The molecule has 0 bridgehead atoms. The van der Waals surface area contributed by atoms with Crippen LogP contribution in [-0.4, -0.2) is 50.4 Å². The van der Waals surface area contributed by atoms with E-state index in [1.165, 1.54) is 0 Å². The summed E-state index contributed by atoms with van der Waals surface area (Å²) >= 11 is 0. The van der Waals surface area contributed by atoms with E-state index >= 15 is 0 Å². The first-order valence-electron chi connectivity index (χ1n) is 14.1. The van der Waals surface area contributed by atoms with Crippen molar-refractivity contribution < 1.29 is 33.3 Å². The van der Waals surface area contributed by atoms with Gasteiger partial charge in [-0.25, -0.2) is 19.5 Å². The van der Waals surface area contributed by atoms with Crippen LogP contribution in [0.5, 0.6) is 17.4 Å². The van der Waals surface area contributed by atoms with Gasteiger partial charge in [0.1, 0.15) is 29.0 Å². The first-order valence-corrected chi connectivity index (χ1v) is 14.1. The lowest BCUT2D eigenvalue weighted by Gasteiger charge is -2.28. The molecule has 0 aliphatic heterocycles. The van der Waals surface area contributed by atoms with Crippen LogP contribution in [0.4, 0.5) is 9.59 Å². The molecule has 1 aliphatic carbocycles. The van der Waals surface area contributed by atoms with Crippen LogP contribution < -0.4 is 9.47 Å². The largest absolute Gasteiger partial charge is 0.457 e. The summed E-state index contributed by atoms with van der Waals surface area (Å²) in [6.45, 7) is 10.5. The lowest BCUT2D eigenvalue weighted by atomic mass is 10.2. The predicted molar refractivity (Wildman–Crippen MR) is 156 cm³/mol. The number of carbonyl (C=O) groups is 3. The minimum absolute atomic E-state index is 0.107. The van der Waals surface area contributed by atoms with Crippen LogP contribution in [0, 0.1) is 11.8 Å². The molecule has 0 spiro atoms. The fraction of sp³-hybridized carbons (Fsp3) is 0.438. The lowest BCUT2D eigenvalue weighted by Crippen LogP contribution is -2.44. The summed E-state index contributed by atoms with van der Waals surface area (Å²) in [7, 11) is 0. The number of aromatic nitrogens is 2. The number of imidazole rings is 1. The number of hydrogen-bond donors (Lipinski definition) is 0. The van der Waals surface area contributed by atoms with Crippen molar-refractivity contribution in [3.05, 3.63) is 67.1 Å². The molecule has 2 aromatic carbocycles. The minimum atomic E-state index is -0.754. The van der Waals surface area contributed by atoms with E-state index < -0.39 is 23.4 Å². The summed E-state index contributed by atoms with van der Waals surface area (Å²) in [6.07, 6.45) is 3.57. The number of rotatable bonds is 9. The van der Waals surface area contributed by atoms with Gasteiger partial charge >= 0.3 is 18.2 Å². The van der Waals surface area contributed by atoms with Gasteiger partial charge in [-0.3, -0.25) is 4.79 Å². The van der Waals surface area contributed by atoms with E-state index in [0.717, 1.165) is 16.3 Å². The molecule has 1 saturated carbocycles. The number of carbonyl (C=O) groups excluding carboxylic acids is 3. The molecular weight excluding hydrogens is 538 g/mol. The summed E-state index contributed by atoms with van der Waals surface area (Å²) in [5.74, 6) is 1.20. The quantitative estimate of drug-likeness (QED) is 0.247. The molecule has 2 atom stereocenters.